The van der Waals surface area contributed by atoms with E-state index in [1.165, 1.54) is 35.3 Å². The van der Waals surface area contributed by atoms with Gasteiger partial charge < -0.3 is 9.30 Å². The van der Waals surface area contributed by atoms with Gasteiger partial charge in [0.1, 0.15) is 11.6 Å². The first-order valence-corrected chi connectivity index (χ1v) is 8.87. The van der Waals surface area contributed by atoms with Gasteiger partial charge in [-0.25, -0.2) is 4.98 Å². The summed E-state index contributed by atoms with van der Waals surface area (Å²) in [5, 5.41) is 0. The van der Waals surface area contributed by atoms with E-state index in [0.717, 1.165) is 30.8 Å². The number of aryl methyl sites for hydroxylation is 3. The zero-order valence-electron chi connectivity index (χ0n) is 14.5. The van der Waals surface area contributed by atoms with E-state index < -0.39 is 0 Å². The van der Waals surface area contributed by atoms with Crippen LogP contribution < -0.4 is 4.74 Å². The van der Waals surface area contributed by atoms with Crippen molar-refractivity contribution in [3.8, 4) is 5.75 Å². The quantitative estimate of drug-likeness (QED) is 0.598. The fourth-order valence-electron chi connectivity index (χ4n) is 3.20. The molecule has 0 N–H and O–H groups in total. The smallest absolute Gasteiger partial charge is 0.119 e. The van der Waals surface area contributed by atoms with Crippen LogP contribution in [0.15, 0.2) is 42.5 Å². The normalized spacial score (nSPS) is 14.2. The summed E-state index contributed by atoms with van der Waals surface area (Å²) in [6.45, 7) is 5.96. The summed E-state index contributed by atoms with van der Waals surface area (Å²) >= 11 is 0. The molecule has 3 aromatic rings. The molecule has 3 nitrogen and oxygen atoms in total. The third-order valence-electron chi connectivity index (χ3n) is 4.90. The average Bonchev–Trinajstić information content (AvgIpc) is 3.37. The summed E-state index contributed by atoms with van der Waals surface area (Å²) < 4.78 is 8.33. The molecule has 1 aliphatic carbocycles. The molecule has 0 unspecified atom stereocenters. The maximum Gasteiger partial charge on any atom is 0.119 e. The van der Waals surface area contributed by atoms with Gasteiger partial charge in [0.25, 0.3) is 0 Å². The summed E-state index contributed by atoms with van der Waals surface area (Å²) in [4.78, 5) is 4.86. The second-order valence-corrected chi connectivity index (χ2v) is 6.83. The minimum atomic E-state index is 0.665. The molecule has 0 bridgehead atoms. The number of rotatable bonds is 6. The number of hydrogen-bond donors (Lipinski definition) is 0. The lowest BCUT2D eigenvalue weighted by atomic mass is 10.1. The summed E-state index contributed by atoms with van der Waals surface area (Å²) in [6.07, 6.45) is 3.55. The number of fused-ring (bicyclic) bond motifs is 1. The highest BCUT2D eigenvalue weighted by Crippen LogP contribution is 2.40. The molecule has 1 aliphatic rings. The summed E-state index contributed by atoms with van der Waals surface area (Å²) in [6, 6.07) is 14.8. The molecule has 2 aromatic carbocycles. The van der Waals surface area contributed by atoms with Crippen LogP contribution in [0, 0.1) is 13.8 Å². The Morgan fingerprint density at radius 2 is 1.92 bits per heavy atom. The van der Waals surface area contributed by atoms with Crippen molar-refractivity contribution >= 4 is 11.0 Å². The van der Waals surface area contributed by atoms with Gasteiger partial charge in [-0.2, -0.15) is 0 Å². The molecule has 1 saturated carbocycles. The molecule has 1 aromatic heterocycles. The Morgan fingerprint density at radius 3 is 2.71 bits per heavy atom. The third kappa shape index (κ3) is 3.03. The first-order chi connectivity index (χ1) is 11.7. The van der Waals surface area contributed by atoms with Crippen LogP contribution >= 0.6 is 0 Å². The average molecular weight is 320 g/mol. The number of ether oxygens (including phenoxy) is 1. The topological polar surface area (TPSA) is 27.1 Å². The van der Waals surface area contributed by atoms with Gasteiger partial charge in [-0.05, 0) is 68.5 Å². The fourth-order valence-corrected chi connectivity index (χ4v) is 3.20. The monoisotopic (exact) mass is 320 g/mol. The van der Waals surface area contributed by atoms with Gasteiger partial charge in [0.15, 0.2) is 0 Å². The van der Waals surface area contributed by atoms with Gasteiger partial charge >= 0.3 is 0 Å². The molecule has 0 amide bonds. The molecule has 0 atom stereocenters. The largest absolute Gasteiger partial charge is 0.494 e. The van der Waals surface area contributed by atoms with Crippen LogP contribution in [0.1, 0.15) is 42.1 Å². The van der Waals surface area contributed by atoms with Crippen LogP contribution in [0.5, 0.6) is 5.75 Å². The highest BCUT2D eigenvalue weighted by molar-refractivity contribution is 5.76. The molecule has 4 rings (SSSR count). The van der Waals surface area contributed by atoms with Gasteiger partial charge in [0.2, 0.25) is 0 Å². The fraction of sp³-hybridized carbons (Fsp3) is 0.381. The number of benzene rings is 2. The molecule has 3 heteroatoms. The van der Waals surface area contributed by atoms with Crippen LogP contribution in [-0.4, -0.2) is 16.2 Å². The van der Waals surface area contributed by atoms with Gasteiger partial charge in [-0.1, -0.05) is 18.2 Å². The molecule has 1 fully saturated rings. The Bertz CT molecular complexity index is 861. The number of nitrogens with zero attached hydrogens (tertiary/aromatic N) is 2. The molecule has 0 radical (unpaired) electrons. The van der Waals surface area contributed by atoms with Crippen molar-refractivity contribution in [3.05, 3.63) is 59.4 Å². The van der Waals surface area contributed by atoms with Crippen molar-refractivity contribution in [3.63, 3.8) is 0 Å². The predicted molar refractivity (Wildman–Crippen MR) is 97.7 cm³/mol. The van der Waals surface area contributed by atoms with Crippen LogP contribution in [0.25, 0.3) is 11.0 Å². The standard InChI is InChI=1S/C21H24N2O/c1-15-8-11-18(14-16(15)2)24-13-5-12-23-20-7-4-3-6-19(20)22-21(23)17-9-10-17/h3-4,6-8,11,14,17H,5,9-10,12-13H2,1-2H3. The Balaban J connectivity index is 1.43. The van der Waals surface area contributed by atoms with E-state index in [2.05, 4.69) is 60.9 Å². The minimum absolute atomic E-state index is 0.665. The Hall–Kier alpha value is -2.29. The molecule has 0 spiro atoms. The zero-order valence-corrected chi connectivity index (χ0v) is 14.5. The highest BCUT2D eigenvalue weighted by atomic mass is 16.5. The van der Waals surface area contributed by atoms with Gasteiger partial charge in [0.05, 0.1) is 17.6 Å². The second-order valence-electron chi connectivity index (χ2n) is 6.83. The molecule has 1 heterocycles. The van der Waals surface area contributed by atoms with Crippen LogP contribution in [0.4, 0.5) is 0 Å². The lowest BCUT2D eigenvalue weighted by molar-refractivity contribution is 0.301. The third-order valence-corrected chi connectivity index (χ3v) is 4.90. The molecular weight excluding hydrogens is 296 g/mol. The first-order valence-electron chi connectivity index (χ1n) is 8.87. The highest BCUT2D eigenvalue weighted by Gasteiger charge is 2.29. The van der Waals surface area contributed by atoms with Crippen molar-refractivity contribution < 1.29 is 4.74 Å². The van der Waals surface area contributed by atoms with Crippen LogP contribution in [0.3, 0.4) is 0 Å². The number of imidazole rings is 1. The van der Waals surface area contributed by atoms with Gasteiger partial charge in [-0.15, -0.1) is 0 Å². The van der Waals surface area contributed by atoms with Crippen molar-refractivity contribution in [2.24, 2.45) is 0 Å². The van der Waals surface area contributed by atoms with E-state index >= 15 is 0 Å². The predicted octanol–water partition coefficient (Wildman–Crippen LogP) is 5.00. The van der Waals surface area contributed by atoms with Crippen molar-refractivity contribution in [2.75, 3.05) is 6.61 Å². The molecule has 0 aliphatic heterocycles. The van der Waals surface area contributed by atoms with E-state index in [0.29, 0.717) is 5.92 Å². The number of para-hydroxylation sites is 2. The maximum absolute atomic E-state index is 5.93. The van der Waals surface area contributed by atoms with Crippen molar-refractivity contribution in [2.45, 2.75) is 45.6 Å². The van der Waals surface area contributed by atoms with Crippen molar-refractivity contribution in [1.82, 2.24) is 9.55 Å². The summed E-state index contributed by atoms with van der Waals surface area (Å²) in [5.74, 6) is 2.90. The van der Waals surface area contributed by atoms with Crippen LogP contribution in [-0.2, 0) is 6.54 Å². The molecule has 24 heavy (non-hydrogen) atoms. The summed E-state index contributed by atoms with van der Waals surface area (Å²) in [7, 11) is 0. The molecular formula is C21H24N2O. The molecule has 0 saturated heterocycles. The first kappa shape index (κ1) is 15.3. The second kappa shape index (κ2) is 6.31. The van der Waals surface area contributed by atoms with E-state index in [9.17, 15) is 0 Å². The number of aromatic nitrogens is 2. The van der Waals surface area contributed by atoms with Gasteiger partial charge in [0, 0.05) is 12.5 Å². The van der Waals surface area contributed by atoms with E-state index in [4.69, 9.17) is 9.72 Å². The van der Waals surface area contributed by atoms with E-state index in [-0.39, 0.29) is 0 Å². The lowest BCUT2D eigenvalue weighted by Gasteiger charge is -2.11. The number of hydrogen-bond acceptors (Lipinski definition) is 2. The molecule has 124 valence electrons. The zero-order chi connectivity index (χ0) is 16.5. The Morgan fingerprint density at radius 1 is 1.08 bits per heavy atom. The SMILES string of the molecule is Cc1ccc(OCCCn2c(C3CC3)nc3ccccc32)cc1C. The Kier molecular flexibility index (Phi) is 4.01. The van der Waals surface area contributed by atoms with Crippen molar-refractivity contribution in [1.29, 1.82) is 0 Å². The van der Waals surface area contributed by atoms with E-state index in [1.54, 1.807) is 0 Å². The minimum Gasteiger partial charge on any atom is -0.494 e. The van der Waals surface area contributed by atoms with E-state index in [1.807, 2.05) is 0 Å². The van der Waals surface area contributed by atoms with Gasteiger partial charge in [-0.3, -0.25) is 0 Å². The Labute approximate surface area is 143 Å². The maximum atomic E-state index is 5.93. The summed E-state index contributed by atoms with van der Waals surface area (Å²) in [5.41, 5.74) is 4.96. The lowest BCUT2D eigenvalue weighted by Crippen LogP contribution is -2.07. The van der Waals surface area contributed by atoms with Crippen LogP contribution in [0.2, 0.25) is 0 Å².